The predicted octanol–water partition coefficient (Wildman–Crippen LogP) is 2.65. The third-order valence-corrected chi connectivity index (χ3v) is 3.29. The van der Waals surface area contributed by atoms with Gasteiger partial charge < -0.3 is 14.8 Å². The molecule has 0 saturated heterocycles. The summed E-state index contributed by atoms with van der Waals surface area (Å²) in [6.07, 6.45) is 2.99. The molecule has 0 aliphatic heterocycles. The van der Waals surface area contributed by atoms with Gasteiger partial charge in [-0.25, -0.2) is 4.39 Å². The number of rotatable bonds is 11. The molecule has 20 heavy (non-hydrogen) atoms. The number of hydrogen-bond acceptors (Lipinski definition) is 3. The van der Waals surface area contributed by atoms with Crippen molar-refractivity contribution in [1.29, 1.82) is 0 Å². The van der Waals surface area contributed by atoms with Crippen LogP contribution < -0.4 is 5.32 Å². The van der Waals surface area contributed by atoms with Gasteiger partial charge in [0.25, 0.3) is 0 Å². The molecule has 4 heteroatoms. The van der Waals surface area contributed by atoms with E-state index in [9.17, 15) is 4.39 Å². The van der Waals surface area contributed by atoms with E-state index in [0.29, 0.717) is 12.5 Å². The van der Waals surface area contributed by atoms with E-state index in [4.69, 9.17) is 9.47 Å². The Morgan fingerprint density at radius 3 is 2.70 bits per heavy atom. The van der Waals surface area contributed by atoms with E-state index in [2.05, 4.69) is 5.32 Å². The molecule has 0 aliphatic carbocycles. The Morgan fingerprint density at radius 2 is 2.00 bits per heavy atom. The highest BCUT2D eigenvalue weighted by Crippen LogP contribution is 2.15. The van der Waals surface area contributed by atoms with E-state index in [1.165, 1.54) is 6.07 Å². The van der Waals surface area contributed by atoms with Gasteiger partial charge in [-0.05, 0) is 49.4 Å². The van der Waals surface area contributed by atoms with Crippen LogP contribution in [0.25, 0.3) is 0 Å². The molecule has 0 saturated carbocycles. The van der Waals surface area contributed by atoms with Crippen molar-refractivity contribution in [3.05, 3.63) is 35.6 Å². The maximum atomic E-state index is 13.2. The van der Waals surface area contributed by atoms with Crippen molar-refractivity contribution < 1.29 is 13.9 Å². The number of ether oxygens (including phenoxy) is 2. The molecule has 1 aromatic rings. The molecule has 0 aliphatic rings. The molecule has 1 rings (SSSR count). The third-order valence-electron chi connectivity index (χ3n) is 3.29. The molecule has 0 spiro atoms. The van der Waals surface area contributed by atoms with Gasteiger partial charge in [0.05, 0.1) is 6.61 Å². The Morgan fingerprint density at radius 1 is 1.20 bits per heavy atom. The Kier molecular flexibility index (Phi) is 9.20. The van der Waals surface area contributed by atoms with E-state index in [0.717, 1.165) is 44.5 Å². The Balaban J connectivity index is 2.43. The highest BCUT2D eigenvalue weighted by Gasteiger charge is 2.10. The van der Waals surface area contributed by atoms with Gasteiger partial charge in [0.15, 0.2) is 0 Å². The van der Waals surface area contributed by atoms with Gasteiger partial charge in [-0.2, -0.15) is 0 Å². The molecule has 0 fully saturated rings. The molecule has 114 valence electrons. The number of methoxy groups -OCH3 is 2. The normalized spacial score (nSPS) is 12.6. The molecule has 0 bridgehead atoms. The molecule has 0 aromatic heterocycles. The Labute approximate surface area is 121 Å². The van der Waals surface area contributed by atoms with Gasteiger partial charge in [0, 0.05) is 27.4 Å². The zero-order chi connectivity index (χ0) is 14.6. The van der Waals surface area contributed by atoms with E-state index in [1.54, 1.807) is 26.4 Å². The highest BCUT2D eigenvalue weighted by molar-refractivity contribution is 5.16. The fourth-order valence-corrected chi connectivity index (χ4v) is 2.27. The molecule has 1 unspecified atom stereocenters. The summed E-state index contributed by atoms with van der Waals surface area (Å²) in [5.41, 5.74) is 1.06. The van der Waals surface area contributed by atoms with Gasteiger partial charge in [-0.15, -0.1) is 0 Å². The summed E-state index contributed by atoms with van der Waals surface area (Å²) in [6, 6.07) is 6.87. The molecule has 0 heterocycles. The summed E-state index contributed by atoms with van der Waals surface area (Å²) in [6.45, 7) is 3.26. The Bertz CT molecular complexity index is 360. The van der Waals surface area contributed by atoms with Crippen molar-refractivity contribution in [3.8, 4) is 0 Å². The summed E-state index contributed by atoms with van der Waals surface area (Å²) in [5, 5.41) is 3.39. The average Bonchev–Trinajstić information content (AvgIpc) is 2.43. The number of nitrogens with one attached hydrogen (secondary N) is 1. The van der Waals surface area contributed by atoms with Crippen LogP contribution in [0.3, 0.4) is 0 Å². The molecular formula is C16H26FNO2. The van der Waals surface area contributed by atoms with E-state index >= 15 is 0 Å². The first-order valence-corrected chi connectivity index (χ1v) is 7.19. The summed E-state index contributed by atoms with van der Waals surface area (Å²) in [5.74, 6) is 0.328. The van der Waals surface area contributed by atoms with Crippen LogP contribution in [0.5, 0.6) is 0 Å². The van der Waals surface area contributed by atoms with E-state index in [1.807, 2.05) is 6.07 Å². The minimum absolute atomic E-state index is 0.162. The van der Waals surface area contributed by atoms with Crippen LogP contribution in [0.4, 0.5) is 4.39 Å². The monoisotopic (exact) mass is 283 g/mol. The SMILES string of the molecule is COCCCC(CNCCOC)Cc1cccc(F)c1. The lowest BCUT2D eigenvalue weighted by Crippen LogP contribution is -2.27. The van der Waals surface area contributed by atoms with Crippen molar-refractivity contribution in [1.82, 2.24) is 5.32 Å². The number of hydrogen-bond donors (Lipinski definition) is 1. The first-order chi connectivity index (χ1) is 9.76. The van der Waals surface area contributed by atoms with E-state index < -0.39 is 0 Å². The van der Waals surface area contributed by atoms with Crippen LogP contribution in [0.15, 0.2) is 24.3 Å². The van der Waals surface area contributed by atoms with Crippen LogP contribution >= 0.6 is 0 Å². The largest absolute Gasteiger partial charge is 0.385 e. The molecular weight excluding hydrogens is 257 g/mol. The first-order valence-electron chi connectivity index (χ1n) is 7.19. The first kappa shape index (κ1) is 17.1. The van der Waals surface area contributed by atoms with Crippen molar-refractivity contribution in [2.24, 2.45) is 5.92 Å². The topological polar surface area (TPSA) is 30.5 Å². The van der Waals surface area contributed by atoms with Crippen molar-refractivity contribution in [2.45, 2.75) is 19.3 Å². The van der Waals surface area contributed by atoms with Crippen molar-refractivity contribution in [2.75, 3.05) is 40.5 Å². The van der Waals surface area contributed by atoms with Gasteiger partial charge in [0.1, 0.15) is 5.82 Å². The van der Waals surface area contributed by atoms with E-state index in [-0.39, 0.29) is 5.82 Å². The standard InChI is InChI=1S/C16H26FNO2/c1-19-9-4-6-15(13-18-8-10-20-2)11-14-5-3-7-16(17)12-14/h3,5,7,12,15,18H,4,6,8-11,13H2,1-2H3. The zero-order valence-electron chi connectivity index (χ0n) is 12.5. The van der Waals surface area contributed by atoms with Crippen molar-refractivity contribution >= 4 is 0 Å². The molecule has 1 atom stereocenters. The van der Waals surface area contributed by atoms with Crippen LogP contribution in [0.1, 0.15) is 18.4 Å². The summed E-state index contributed by atoms with van der Waals surface area (Å²) < 4.78 is 23.4. The maximum Gasteiger partial charge on any atom is 0.123 e. The fraction of sp³-hybridized carbons (Fsp3) is 0.625. The van der Waals surface area contributed by atoms with Crippen LogP contribution in [0.2, 0.25) is 0 Å². The number of halogens is 1. The molecule has 0 radical (unpaired) electrons. The smallest absolute Gasteiger partial charge is 0.123 e. The molecule has 1 N–H and O–H groups in total. The molecule has 1 aromatic carbocycles. The second kappa shape index (κ2) is 10.8. The number of benzene rings is 1. The summed E-state index contributed by atoms with van der Waals surface area (Å²) in [7, 11) is 3.42. The van der Waals surface area contributed by atoms with Crippen LogP contribution in [-0.2, 0) is 15.9 Å². The van der Waals surface area contributed by atoms with Crippen LogP contribution in [-0.4, -0.2) is 40.5 Å². The van der Waals surface area contributed by atoms with Gasteiger partial charge in [-0.3, -0.25) is 0 Å². The lowest BCUT2D eigenvalue weighted by atomic mass is 9.94. The minimum atomic E-state index is -0.162. The van der Waals surface area contributed by atoms with Crippen molar-refractivity contribution in [3.63, 3.8) is 0 Å². The second-order valence-corrected chi connectivity index (χ2v) is 5.03. The Hall–Kier alpha value is -0.970. The van der Waals surface area contributed by atoms with Gasteiger partial charge in [-0.1, -0.05) is 12.1 Å². The third kappa shape index (κ3) is 7.58. The maximum absolute atomic E-state index is 13.2. The lowest BCUT2D eigenvalue weighted by molar-refractivity contribution is 0.183. The predicted molar refractivity (Wildman–Crippen MR) is 79.4 cm³/mol. The molecule has 3 nitrogen and oxygen atoms in total. The zero-order valence-corrected chi connectivity index (χ0v) is 12.5. The average molecular weight is 283 g/mol. The van der Waals surface area contributed by atoms with Gasteiger partial charge in [0.2, 0.25) is 0 Å². The van der Waals surface area contributed by atoms with Crippen LogP contribution in [0, 0.1) is 11.7 Å². The summed E-state index contributed by atoms with van der Waals surface area (Å²) in [4.78, 5) is 0. The molecule has 0 amide bonds. The fourth-order valence-electron chi connectivity index (χ4n) is 2.27. The quantitative estimate of drug-likeness (QED) is 0.633. The van der Waals surface area contributed by atoms with Gasteiger partial charge >= 0.3 is 0 Å². The highest BCUT2D eigenvalue weighted by atomic mass is 19.1. The lowest BCUT2D eigenvalue weighted by Gasteiger charge is -2.18. The minimum Gasteiger partial charge on any atom is -0.385 e. The summed E-state index contributed by atoms with van der Waals surface area (Å²) >= 11 is 0. The second-order valence-electron chi connectivity index (χ2n) is 5.03.